The highest BCUT2D eigenvalue weighted by atomic mass is 16.3. The number of aromatic nitrogens is 4. The van der Waals surface area contributed by atoms with Gasteiger partial charge >= 0.3 is 0 Å². The number of hydrogen-bond donors (Lipinski definition) is 1. The molecule has 1 rings (SSSR count). The summed E-state index contributed by atoms with van der Waals surface area (Å²) in [6.45, 7) is -0.0812. The summed E-state index contributed by atoms with van der Waals surface area (Å²) in [5.74, 6) is 0.157. The largest absolute Gasteiger partial charge is 0.385 e. The average molecular weight is 169 g/mol. The quantitative estimate of drug-likeness (QED) is 0.375. The van der Waals surface area contributed by atoms with Gasteiger partial charge in [-0.2, -0.15) is 4.80 Å². The predicted molar refractivity (Wildman–Crippen MR) is 37.8 cm³/mol. The molecule has 1 aromatic rings. The van der Waals surface area contributed by atoms with E-state index in [9.17, 15) is 5.11 Å². The minimum absolute atomic E-state index is 0.0812. The van der Waals surface area contributed by atoms with E-state index in [1.165, 1.54) is 4.80 Å². The van der Waals surface area contributed by atoms with E-state index >= 15 is 0 Å². The van der Waals surface area contributed by atoms with Crippen molar-refractivity contribution in [3.8, 4) is 0 Å². The van der Waals surface area contributed by atoms with Crippen molar-refractivity contribution in [3.05, 3.63) is 16.3 Å². The summed E-state index contributed by atoms with van der Waals surface area (Å²) in [6.07, 6.45) is -0.977. The summed E-state index contributed by atoms with van der Waals surface area (Å²) < 4.78 is 0. The second-order valence-corrected chi connectivity index (χ2v) is 2.07. The Morgan fingerprint density at radius 1 is 1.83 bits per heavy atom. The zero-order valence-corrected chi connectivity index (χ0v) is 6.36. The van der Waals surface area contributed by atoms with Crippen molar-refractivity contribution in [2.75, 3.05) is 6.54 Å². The van der Waals surface area contributed by atoms with Gasteiger partial charge in [0.15, 0.2) is 0 Å². The van der Waals surface area contributed by atoms with E-state index in [-0.39, 0.29) is 12.4 Å². The zero-order chi connectivity index (χ0) is 8.97. The highest BCUT2D eigenvalue weighted by Gasteiger charge is 2.11. The van der Waals surface area contributed by atoms with Gasteiger partial charge < -0.3 is 5.11 Å². The molecule has 1 heterocycles. The third-order valence-electron chi connectivity index (χ3n) is 1.14. The number of tetrazole rings is 1. The van der Waals surface area contributed by atoms with Crippen LogP contribution in [-0.4, -0.2) is 31.9 Å². The summed E-state index contributed by atoms with van der Waals surface area (Å²) in [5.41, 5.74) is 7.95. The maximum atomic E-state index is 9.22. The van der Waals surface area contributed by atoms with E-state index in [1.807, 2.05) is 0 Å². The highest BCUT2D eigenvalue weighted by molar-refractivity contribution is 4.84. The smallest absolute Gasteiger partial charge is 0.203 e. The molecule has 0 amide bonds. The van der Waals surface area contributed by atoms with Gasteiger partial charge in [0.05, 0.1) is 13.6 Å². The van der Waals surface area contributed by atoms with Crippen molar-refractivity contribution in [2.24, 2.45) is 12.2 Å². The van der Waals surface area contributed by atoms with E-state index < -0.39 is 6.10 Å². The molecule has 1 unspecified atom stereocenters. The number of aryl methyl sites for hydroxylation is 1. The van der Waals surface area contributed by atoms with Gasteiger partial charge in [-0.1, -0.05) is 5.11 Å². The Morgan fingerprint density at radius 2 is 2.58 bits per heavy atom. The van der Waals surface area contributed by atoms with Crippen molar-refractivity contribution in [1.82, 2.24) is 20.2 Å². The van der Waals surface area contributed by atoms with E-state index in [2.05, 4.69) is 25.4 Å². The Labute approximate surface area is 67.4 Å². The Bertz CT molecular complexity index is 300. The van der Waals surface area contributed by atoms with E-state index in [4.69, 9.17) is 5.53 Å². The molecule has 0 fully saturated rings. The number of azide groups is 1. The van der Waals surface area contributed by atoms with Crippen LogP contribution in [0.3, 0.4) is 0 Å². The molecule has 8 nitrogen and oxygen atoms in total. The topological polar surface area (TPSA) is 113 Å². The minimum atomic E-state index is -0.977. The average Bonchev–Trinajstić information content (AvgIpc) is 2.47. The summed E-state index contributed by atoms with van der Waals surface area (Å²) in [6, 6.07) is 0. The van der Waals surface area contributed by atoms with Crippen LogP contribution < -0.4 is 0 Å². The standard InChI is InChI=1S/C4H7N7O/c1-11-8-4(7-10-11)3(12)2-6-9-5/h3,12H,2H2,1H3. The van der Waals surface area contributed by atoms with E-state index in [0.29, 0.717) is 0 Å². The van der Waals surface area contributed by atoms with Crippen LogP contribution in [0.15, 0.2) is 5.11 Å². The molecule has 1 atom stereocenters. The Hall–Kier alpha value is -1.66. The van der Waals surface area contributed by atoms with Crippen LogP contribution in [0, 0.1) is 0 Å². The van der Waals surface area contributed by atoms with Crippen molar-refractivity contribution in [2.45, 2.75) is 6.10 Å². The van der Waals surface area contributed by atoms with Gasteiger partial charge in [0.2, 0.25) is 5.82 Å². The van der Waals surface area contributed by atoms with Crippen molar-refractivity contribution in [3.63, 3.8) is 0 Å². The van der Waals surface area contributed by atoms with Crippen LogP contribution in [0.2, 0.25) is 0 Å². The number of hydrogen-bond acceptors (Lipinski definition) is 5. The van der Waals surface area contributed by atoms with Crippen molar-refractivity contribution in [1.29, 1.82) is 0 Å². The Morgan fingerprint density at radius 3 is 3.08 bits per heavy atom. The summed E-state index contributed by atoms with van der Waals surface area (Å²) in [7, 11) is 1.58. The molecule has 0 saturated carbocycles. The molecular formula is C4H7N7O. The minimum Gasteiger partial charge on any atom is -0.385 e. The van der Waals surface area contributed by atoms with Crippen LogP contribution in [0.4, 0.5) is 0 Å². The van der Waals surface area contributed by atoms with Crippen molar-refractivity contribution < 1.29 is 5.11 Å². The lowest BCUT2D eigenvalue weighted by Crippen LogP contribution is -2.04. The lowest BCUT2D eigenvalue weighted by atomic mass is 10.3. The first-order chi connectivity index (χ1) is 5.74. The van der Waals surface area contributed by atoms with Gasteiger partial charge in [0, 0.05) is 4.91 Å². The fourth-order valence-electron chi connectivity index (χ4n) is 0.628. The molecule has 0 aliphatic carbocycles. The predicted octanol–water partition coefficient (Wildman–Crippen LogP) is -0.446. The van der Waals surface area contributed by atoms with Gasteiger partial charge in [-0.25, -0.2) is 0 Å². The molecule has 0 aliphatic heterocycles. The lowest BCUT2D eigenvalue weighted by molar-refractivity contribution is 0.176. The van der Waals surface area contributed by atoms with Crippen LogP contribution in [0.1, 0.15) is 11.9 Å². The first-order valence-corrected chi connectivity index (χ1v) is 3.17. The molecule has 0 aliphatic rings. The summed E-state index contributed by atoms with van der Waals surface area (Å²) >= 11 is 0. The molecule has 1 N–H and O–H groups in total. The number of aliphatic hydroxyl groups is 1. The zero-order valence-electron chi connectivity index (χ0n) is 6.36. The number of rotatable bonds is 3. The monoisotopic (exact) mass is 169 g/mol. The molecule has 0 aromatic carbocycles. The highest BCUT2D eigenvalue weighted by Crippen LogP contribution is 2.04. The molecule has 8 heteroatoms. The first kappa shape index (κ1) is 8.44. The second-order valence-electron chi connectivity index (χ2n) is 2.07. The van der Waals surface area contributed by atoms with E-state index in [0.717, 1.165) is 0 Å². The lowest BCUT2D eigenvalue weighted by Gasteiger charge is -1.97. The van der Waals surface area contributed by atoms with Gasteiger partial charge in [-0.3, -0.25) is 0 Å². The van der Waals surface area contributed by atoms with Crippen LogP contribution >= 0.6 is 0 Å². The van der Waals surface area contributed by atoms with Gasteiger partial charge in [-0.05, 0) is 10.7 Å². The molecule has 12 heavy (non-hydrogen) atoms. The number of aliphatic hydroxyl groups excluding tert-OH is 1. The SMILES string of the molecule is Cn1nnc(C(O)CN=[N+]=[N-])n1. The first-order valence-electron chi connectivity index (χ1n) is 3.17. The maximum absolute atomic E-state index is 9.22. The second kappa shape index (κ2) is 3.65. The Balaban J connectivity index is 2.64. The summed E-state index contributed by atoms with van der Waals surface area (Å²) in [5, 5.41) is 23.2. The van der Waals surface area contributed by atoms with Crippen LogP contribution in [0.25, 0.3) is 10.4 Å². The maximum Gasteiger partial charge on any atom is 0.203 e. The molecule has 0 saturated heterocycles. The summed E-state index contributed by atoms with van der Waals surface area (Å²) in [4.78, 5) is 3.71. The van der Waals surface area contributed by atoms with Gasteiger partial charge in [0.25, 0.3) is 0 Å². The fraction of sp³-hybridized carbons (Fsp3) is 0.750. The van der Waals surface area contributed by atoms with Gasteiger partial charge in [-0.15, -0.1) is 10.2 Å². The molecule has 1 aromatic heterocycles. The van der Waals surface area contributed by atoms with Gasteiger partial charge in [0.1, 0.15) is 6.10 Å². The normalized spacial score (nSPS) is 12.2. The third-order valence-corrected chi connectivity index (χ3v) is 1.14. The molecule has 0 radical (unpaired) electrons. The molecule has 0 spiro atoms. The third kappa shape index (κ3) is 1.91. The molecule has 0 bridgehead atoms. The fourth-order valence-corrected chi connectivity index (χ4v) is 0.628. The number of nitrogens with zero attached hydrogens (tertiary/aromatic N) is 7. The van der Waals surface area contributed by atoms with Crippen LogP contribution in [0.5, 0.6) is 0 Å². The van der Waals surface area contributed by atoms with E-state index in [1.54, 1.807) is 7.05 Å². The molecular weight excluding hydrogens is 162 g/mol. The van der Waals surface area contributed by atoms with Crippen LogP contribution in [-0.2, 0) is 7.05 Å². The molecule has 64 valence electrons. The van der Waals surface area contributed by atoms with Crippen molar-refractivity contribution >= 4 is 0 Å². The Kier molecular flexibility index (Phi) is 2.57.